The molecule has 3 aromatic rings. The van der Waals surface area contributed by atoms with Gasteiger partial charge < -0.3 is 13.6 Å². The summed E-state index contributed by atoms with van der Waals surface area (Å²) in [5, 5.41) is 0. The number of benzene rings is 1. The van der Waals surface area contributed by atoms with E-state index in [9.17, 15) is 18.0 Å². The van der Waals surface area contributed by atoms with E-state index >= 15 is 0 Å². The van der Waals surface area contributed by atoms with E-state index < -0.39 is 27.3 Å². The highest BCUT2D eigenvalue weighted by atomic mass is 32.2. The smallest absolute Gasteiger partial charge is 0.417 e. The average Bonchev–Trinajstić information content (AvgIpc) is 3.16. The molecule has 0 radical (unpaired) electrons. The SMILES string of the molecule is Cc1ccc(C=CC(=O)OCCS(=O)(=O)c2ccc3[nH]c(=O)oc3c2)o1. The standard InChI is InChI=1S/C17H15NO7S/c1-11-2-3-12(24-11)4-7-16(19)23-8-9-26(21,22)13-5-6-14-15(10-13)25-17(20)18-14/h2-7,10H,8-9H2,1H3,(H,18,20). The molecule has 0 unspecified atom stereocenters. The quantitative estimate of drug-likeness (QED) is 0.516. The zero-order chi connectivity index (χ0) is 18.7. The molecule has 2 heterocycles. The second-order valence-corrected chi connectivity index (χ2v) is 7.55. The summed E-state index contributed by atoms with van der Waals surface area (Å²) >= 11 is 0. The van der Waals surface area contributed by atoms with Crippen molar-refractivity contribution in [3.05, 3.63) is 58.5 Å². The third kappa shape index (κ3) is 4.12. The zero-order valence-electron chi connectivity index (χ0n) is 13.7. The Bertz CT molecular complexity index is 1130. The predicted octanol–water partition coefficient (Wildman–Crippen LogP) is 2.05. The van der Waals surface area contributed by atoms with Gasteiger partial charge in [0.2, 0.25) is 0 Å². The minimum atomic E-state index is -3.70. The van der Waals surface area contributed by atoms with E-state index in [0.717, 1.165) is 6.08 Å². The normalized spacial score (nSPS) is 12.0. The Kier molecular flexibility index (Phi) is 4.81. The third-order valence-electron chi connectivity index (χ3n) is 3.49. The number of fused-ring (bicyclic) bond motifs is 1. The first-order chi connectivity index (χ1) is 12.3. The summed E-state index contributed by atoms with van der Waals surface area (Å²) in [5.74, 6) is -0.539. The summed E-state index contributed by atoms with van der Waals surface area (Å²) in [5.41, 5.74) is 0.545. The van der Waals surface area contributed by atoms with E-state index in [2.05, 4.69) is 4.98 Å². The molecule has 2 aromatic heterocycles. The van der Waals surface area contributed by atoms with Crippen LogP contribution >= 0.6 is 0 Å². The van der Waals surface area contributed by atoms with Crippen LogP contribution in [-0.4, -0.2) is 31.7 Å². The summed E-state index contributed by atoms with van der Waals surface area (Å²) in [6, 6.07) is 7.49. The lowest BCUT2D eigenvalue weighted by molar-refractivity contribution is -0.137. The fourth-order valence-electron chi connectivity index (χ4n) is 2.23. The number of nitrogens with one attached hydrogen (secondary N) is 1. The predicted molar refractivity (Wildman–Crippen MR) is 92.3 cm³/mol. The van der Waals surface area contributed by atoms with Gasteiger partial charge in [-0.15, -0.1) is 0 Å². The number of H-pyrrole nitrogens is 1. The van der Waals surface area contributed by atoms with Gasteiger partial charge in [-0.3, -0.25) is 4.98 Å². The maximum atomic E-state index is 12.3. The lowest BCUT2D eigenvalue weighted by atomic mass is 10.3. The molecular formula is C17H15NO7S. The van der Waals surface area contributed by atoms with E-state index in [1.54, 1.807) is 19.1 Å². The molecule has 0 bridgehead atoms. The van der Waals surface area contributed by atoms with Crippen molar-refractivity contribution in [1.82, 2.24) is 4.98 Å². The van der Waals surface area contributed by atoms with Gasteiger partial charge in [-0.2, -0.15) is 0 Å². The second kappa shape index (κ2) is 7.04. The van der Waals surface area contributed by atoms with Crippen molar-refractivity contribution < 1.29 is 26.8 Å². The van der Waals surface area contributed by atoms with Crippen LogP contribution in [0.1, 0.15) is 11.5 Å². The van der Waals surface area contributed by atoms with Gasteiger partial charge in [0.25, 0.3) is 0 Å². The van der Waals surface area contributed by atoms with E-state index in [1.807, 2.05) is 0 Å². The summed E-state index contributed by atoms with van der Waals surface area (Å²) < 4.78 is 39.6. The van der Waals surface area contributed by atoms with Crippen molar-refractivity contribution in [2.45, 2.75) is 11.8 Å². The third-order valence-corrected chi connectivity index (χ3v) is 5.17. The Morgan fingerprint density at radius 1 is 1.23 bits per heavy atom. The number of ether oxygens (including phenoxy) is 1. The van der Waals surface area contributed by atoms with Gasteiger partial charge in [0.1, 0.15) is 18.1 Å². The Morgan fingerprint density at radius 2 is 2.04 bits per heavy atom. The molecule has 3 rings (SSSR count). The Labute approximate surface area is 148 Å². The summed E-state index contributed by atoms with van der Waals surface area (Å²) in [6.45, 7) is 1.47. The number of sulfone groups is 1. The second-order valence-electron chi connectivity index (χ2n) is 5.44. The van der Waals surface area contributed by atoms with Crippen molar-refractivity contribution in [1.29, 1.82) is 0 Å². The monoisotopic (exact) mass is 377 g/mol. The van der Waals surface area contributed by atoms with Crippen molar-refractivity contribution in [2.24, 2.45) is 0 Å². The minimum Gasteiger partial charge on any atom is -0.462 e. The van der Waals surface area contributed by atoms with Gasteiger partial charge in [0, 0.05) is 12.1 Å². The highest BCUT2D eigenvalue weighted by Crippen LogP contribution is 2.17. The molecule has 0 aliphatic heterocycles. The van der Waals surface area contributed by atoms with Crippen LogP contribution < -0.4 is 5.76 Å². The van der Waals surface area contributed by atoms with Crippen LogP contribution in [0, 0.1) is 6.92 Å². The van der Waals surface area contributed by atoms with Gasteiger partial charge in [0.05, 0.1) is 16.2 Å². The molecule has 1 N–H and O–H groups in total. The number of furan rings is 1. The molecule has 0 spiro atoms. The number of aromatic amines is 1. The van der Waals surface area contributed by atoms with Crippen LogP contribution in [0.3, 0.4) is 0 Å². The molecular weight excluding hydrogens is 362 g/mol. The summed E-state index contributed by atoms with van der Waals surface area (Å²) in [6.07, 6.45) is 2.59. The fraction of sp³-hybridized carbons (Fsp3) is 0.176. The number of hydrogen-bond acceptors (Lipinski definition) is 7. The lowest BCUT2D eigenvalue weighted by Crippen LogP contribution is -2.14. The average molecular weight is 377 g/mol. The van der Waals surface area contributed by atoms with E-state index in [4.69, 9.17) is 13.6 Å². The number of carbonyl (C=O) groups is 1. The van der Waals surface area contributed by atoms with E-state index in [1.165, 1.54) is 24.3 Å². The molecule has 9 heteroatoms. The molecule has 0 fully saturated rings. The molecule has 0 aliphatic rings. The van der Waals surface area contributed by atoms with E-state index in [-0.39, 0.29) is 17.1 Å². The number of esters is 1. The fourth-order valence-corrected chi connectivity index (χ4v) is 3.33. The Morgan fingerprint density at radius 3 is 2.77 bits per heavy atom. The van der Waals surface area contributed by atoms with Crippen LogP contribution in [0.4, 0.5) is 0 Å². The molecule has 0 aliphatic carbocycles. The van der Waals surface area contributed by atoms with E-state index in [0.29, 0.717) is 17.0 Å². The first-order valence-corrected chi connectivity index (χ1v) is 9.26. The van der Waals surface area contributed by atoms with Gasteiger partial charge in [-0.1, -0.05) is 0 Å². The molecule has 136 valence electrons. The number of rotatable bonds is 6. The zero-order valence-corrected chi connectivity index (χ0v) is 14.5. The molecule has 0 saturated carbocycles. The van der Waals surface area contributed by atoms with Gasteiger partial charge in [0.15, 0.2) is 15.4 Å². The first-order valence-electron chi connectivity index (χ1n) is 7.60. The maximum absolute atomic E-state index is 12.3. The molecule has 0 atom stereocenters. The molecule has 0 saturated heterocycles. The molecule has 0 amide bonds. The van der Waals surface area contributed by atoms with Crippen molar-refractivity contribution in [3.63, 3.8) is 0 Å². The van der Waals surface area contributed by atoms with Crippen LogP contribution in [0.2, 0.25) is 0 Å². The summed E-state index contributed by atoms with van der Waals surface area (Å²) in [7, 11) is -3.70. The van der Waals surface area contributed by atoms with Crippen LogP contribution in [0.5, 0.6) is 0 Å². The van der Waals surface area contributed by atoms with Gasteiger partial charge in [-0.05, 0) is 37.3 Å². The number of hydrogen-bond donors (Lipinski definition) is 1. The van der Waals surface area contributed by atoms with Crippen molar-refractivity contribution >= 4 is 33.0 Å². The number of oxazole rings is 1. The summed E-state index contributed by atoms with van der Waals surface area (Å²) in [4.78, 5) is 25.1. The van der Waals surface area contributed by atoms with Crippen molar-refractivity contribution in [3.8, 4) is 0 Å². The van der Waals surface area contributed by atoms with Crippen LogP contribution in [0.25, 0.3) is 17.2 Å². The minimum absolute atomic E-state index is 0.0228. The maximum Gasteiger partial charge on any atom is 0.417 e. The lowest BCUT2D eigenvalue weighted by Gasteiger charge is -2.04. The highest BCUT2D eigenvalue weighted by Gasteiger charge is 2.17. The van der Waals surface area contributed by atoms with Gasteiger partial charge >= 0.3 is 11.7 Å². The molecule has 8 nitrogen and oxygen atoms in total. The van der Waals surface area contributed by atoms with Crippen molar-refractivity contribution in [2.75, 3.05) is 12.4 Å². The largest absolute Gasteiger partial charge is 0.462 e. The number of carbonyl (C=O) groups excluding carboxylic acids is 1. The van der Waals surface area contributed by atoms with Crippen LogP contribution in [0.15, 0.2) is 54.9 Å². The van der Waals surface area contributed by atoms with Crippen LogP contribution in [-0.2, 0) is 19.4 Å². The molecule has 1 aromatic carbocycles. The Balaban J connectivity index is 1.59. The molecule has 26 heavy (non-hydrogen) atoms. The van der Waals surface area contributed by atoms with Gasteiger partial charge in [-0.25, -0.2) is 18.0 Å². The Hall–Kier alpha value is -3.07. The first kappa shape index (κ1) is 17.7. The number of aryl methyl sites for hydroxylation is 1. The highest BCUT2D eigenvalue weighted by molar-refractivity contribution is 7.91. The number of aromatic nitrogens is 1. The topological polar surface area (TPSA) is 120 Å².